The summed E-state index contributed by atoms with van der Waals surface area (Å²) in [6.45, 7) is 0.832. The topological polar surface area (TPSA) is 78.9 Å². The zero-order valence-electron chi connectivity index (χ0n) is 9.43. The molecule has 1 saturated heterocycles. The van der Waals surface area contributed by atoms with E-state index < -0.39 is 0 Å². The standard InChI is InChI=1S/C11H19N3O2/c12-10(13-16)7-11(15)14-6-2-4-8-3-1-5-9(8)14/h8-9,16H,1-7H2,(H2,12,13). The number of amides is 1. The molecule has 1 saturated carbocycles. The molecule has 0 spiro atoms. The summed E-state index contributed by atoms with van der Waals surface area (Å²) in [7, 11) is 0. The van der Waals surface area contributed by atoms with E-state index in [0.717, 1.165) is 19.4 Å². The minimum atomic E-state index is 0.00474. The maximum Gasteiger partial charge on any atom is 0.230 e. The monoisotopic (exact) mass is 225 g/mol. The number of nitrogens with two attached hydrogens (primary N) is 1. The maximum atomic E-state index is 12.0. The van der Waals surface area contributed by atoms with E-state index in [0.29, 0.717) is 12.0 Å². The Balaban J connectivity index is 1.99. The molecule has 2 fully saturated rings. The fourth-order valence-corrected chi connectivity index (χ4v) is 3.06. The molecule has 2 unspecified atom stereocenters. The molecule has 16 heavy (non-hydrogen) atoms. The van der Waals surface area contributed by atoms with Crippen molar-refractivity contribution in [3.8, 4) is 0 Å². The fourth-order valence-electron chi connectivity index (χ4n) is 3.06. The summed E-state index contributed by atoms with van der Waals surface area (Å²) in [5.41, 5.74) is 5.37. The zero-order chi connectivity index (χ0) is 11.5. The van der Waals surface area contributed by atoms with Gasteiger partial charge in [-0.25, -0.2) is 0 Å². The molecular weight excluding hydrogens is 206 g/mol. The normalized spacial score (nSPS) is 30.2. The third-order valence-corrected chi connectivity index (χ3v) is 3.77. The SMILES string of the molecule is NC(CC(=O)N1CCCC2CCCC21)=NO. The van der Waals surface area contributed by atoms with Crippen LogP contribution in [0, 0.1) is 5.92 Å². The number of rotatable bonds is 2. The van der Waals surface area contributed by atoms with E-state index in [-0.39, 0.29) is 18.2 Å². The number of carbonyl (C=O) groups is 1. The van der Waals surface area contributed by atoms with Crippen LogP contribution in [-0.4, -0.2) is 34.4 Å². The Bertz CT molecular complexity index is 304. The van der Waals surface area contributed by atoms with Gasteiger partial charge in [-0.1, -0.05) is 11.6 Å². The summed E-state index contributed by atoms with van der Waals surface area (Å²) in [5.74, 6) is 0.696. The summed E-state index contributed by atoms with van der Waals surface area (Å²) in [6, 6.07) is 0.410. The molecule has 1 amide bonds. The largest absolute Gasteiger partial charge is 0.409 e. The van der Waals surface area contributed by atoms with Crippen molar-refractivity contribution in [2.45, 2.75) is 44.6 Å². The smallest absolute Gasteiger partial charge is 0.230 e. The van der Waals surface area contributed by atoms with Gasteiger partial charge in [-0.3, -0.25) is 4.79 Å². The van der Waals surface area contributed by atoms with Crippen LogP contribution in [0.3, 0.4) is 0 Å². The number of likely N-dealkylation sites (tertiary alicyclic amines) is 1. The molecule has 0 aromatic heterocycles. The molecule has 2 atom stereocenters. The Morgan fingerprint density at radius 2 is 2.12 bits per heavy atom. The quantitative estimate of drug-likeness (QED) is 0.317. The maximum absolute atomic E-state index is 12.0. The summed E-state index contributed by atoms with van der Waals surface area (Å²) in [4.78, 5) is 13.9. The number of amidine groups is 1. The van der Waals surface area contributed by atoms with Crippen LogP contribution in [0.25, 0.3) is 0 Å². The van der Waals surface area contributed by atoms with Crippen LogP contribution in [0.15, 0.2) is 5.16 Å². The van der Waals surface area contributed by atoms with E-state index in [9.17, 15) is 4.79 Å². The van der Waals surface area contributed by atoms with Crippen LogP contribution in [0.2, 0.25) is 0 Å². The van der Waals surface area contributed by atoms with Gasteiger partial charge in [0.05, 0.1) is 6.42 Å². The average Bonchev–Trinajstić information content (AvgIpc) is 2.76. The Morgan fingerprint density at radius 1 is 1.38 bits per heavy atom. The van der Waals surface area contributed by atoms with E-state index in [1.807, 2.05) is 4.90 Å². The highest BCUT2D eigenvalue weighted by molar-refractivity contribution is 5.98. The van der Waals surface area contributed by atoms with Gasteiger partial charge in [0.15, 0.2) is 0 Å². The summed E-state index contributed by atoms with van der Waals surface area (Å²) in [6.07, 6.45) is 5.97. The first-order valence-corrected chi connectivity index (χ1v) is 5.98. The van der Waals surface area contributed by atoms with Crippen molar-refractivity contribution >= 4 is 11.7 Å². The van der Waals surface area contributed by atoms with E-state index >= 15 is 0 Å². The molecule has 1 aliphatic heterocycles. The first-order valence-electron chi connectivity index (χ1n) is 5.98. The minimum Gasteiger partial charge on any atom is -0.409 e. The van der Waals surface area contributed by atoms with Crippen LogP contribution >= 0.6 is 0 Å². The number of piperidine rings is 1. The molecule has 2 rings (SSSR count). The van der Waals surface area contributed by atoms with Gasteiger partial charge in [0.25, 0.3) is 0 Å². The lowest BCUT2D eigenvalue weighted by molar-refractivity contribution is -0.134. The van der Waals surface area contributed by atoms with Gasteiger partial charge < -0.3 is 15.8 Å². The molecule has 0 aromatic carbocycles. The Morgan fingerprint density at radius 3 is 2.88 bits per heavy atom. The summed E-state index contributed by atoms with van der Waals surface area (Å²) in [5, 5.41) is 11.3. The van der Waals surface area contributed by atoms with Crippen molar-refractivity contribution in [3.05, 3.63) is 0 Å². The first-order chi connectivity index (χ1) is 7.72. The molecular formula is C11H19N3O2. The van der Waals surface area contributed by atoms with Crippen LogP contribution in [0.4, 0.5) is 0 Å². The molecule has 5 heteroatoms. The zero-order valence-corrected chi connectivity index (χ0v) is 9.43. The lowest BCUT2D eigenvalue weighted by Gasteiger charge is -2.37. The highest BCUT2D eigenvalue weighted by atomic mass is 16.4. The van der Waals surface area contributed by atoms with Gasteiger partial charge in [-0.15, -0.1) is 0 Å². The predicted octanol–water partition coefficient (Wildman–Crippen LogP) is 0.914. The van der Waals surface area contributed by atoms with E-state index in [4.69, 9.17) is 10.9 Å². The molecule has 2 aliphatic rings. The van der Waals surface area contributed by atoms with E-state index in [1.165, 1.54) is 19.3 Å². The van der Waals surface area contributed by atoms with Gasteiger partial charge in [-0.2, -0.15) is 0 Å². The number of hydrogen-bond donors (Lipinski definition) is 2. The van der Waals surface area contributed by atoms with Gasteiger partial charge in [0.1, 0.15) is 5.84 Å². The molecule has 1 aliphatic carbocycles. The van der Waals surface area contributed by atoms with Gasteiger partial charge in [-0.05, 0) is 31.6 Å². The van der Waals surface area contributed by atoms with Crippen LogP contribution in [-0.2, 0) is 4.79 Å². The van der Waals surface area contributed by atoms with E-state index in [1.54, 1.807) is 0 Å². The third-order valence-electron chi connectivity index (χ3n) is 3.77. The predicted molar refractivity (Wildman–Crippen MR) is 60.1 cm³/mol. The third kappa shape index (κ3) is 2.13. The second-order valence-corrected chi connectivity index (χ2v) is 4.76. The van der Waals surface area contributed by atoms with Crippen molar-refractivity contribution < 1.29 is 10.0 Å². The molecule has 90 valence electrons. The van der Waals surface area contributed by atoms with Crippen molar-refractivity contribution in [2.75, 3.05) is 6.54 Å². The number of hydrogen-bond acceptors (Lipinski definition) is 3. The molecule has 0 aromatic rings. The molecule has 5 nitrogen and oxygen atoms in total. The van der Waals surface area contributed by atoms with Crippen molar-refractivity contribution in [2.24, 2.45) is 16.8 Å². The minimum absolute atomic E-state index is 0.00474. The molecule has 0 radical (unpaired) electrons. The average molecular weight is 225 g/mol. The van der Waals surface area contributed by atoms with Gasteiger partial charge >= 0.3 is 0 Å². The van der Waals surface area contributed by atoms with Crippen LogP contribution < -0.4 is 5.73 Å². The Labute approximate surface area is 95.3 Å². The first kappa shape index (κ1) is 11.2. The second-order valence-electron chi connectivity index (χ2n) is 4.76. The summed E-state index contributed by atoms with van der Waals surface area (Å²) >= 11 is 0. The number of carbonyl (C=O) groups excluding carboxylic acids is 1. The number of nitrogens with zero attached hydrogens (tertiary/aromatic N) is 2. The highest BCUT2D eigenvalue weighted by Gasteiger charge is 2.37. The van der Waals surface area contributed by atoms with Crippen LogP contribution in [0.5, 0.6) is 0 Å². The number of fused-ring (bicyclic) bond motifs is 1. The van der Waals surface area contributed by atoms with Crippen molar-refractivity contribution in [1.29, 1.82) is 0 Å². The van der Waals surface area contributed by atoms with Gasteiger partial charge in [0.2, 0.25) is 5.91 Å². The highest BCUT2D eigenvalue weighted by Crippen LogP contribution is 2.36. The van der Waals surface area contributed by atoms with E-state index in [2.05, 4.69) is 5.16 Å². The van der Waals surface area contributed by atoms with Crippen molar-refractivity contribution in [1.82, 2.24) is 4.90 Å². The Kier molecular flexibility index (Phi) is 3.31. The molecule has 1 heterocycles. The van der Waals surface area contributed by atoms with Crippen molar-refractivity contribution in [3.63, 3.8) is 0 Å². The molecule has 0 bridgehead atoms. The Hall–Kier alpha value is -1.26. The lowest BCUT2D eigenvalue weighted by atomic mass is 9.92. The summed E-state index contributed by atoms with van der Waals surface area (Å²) < 4.78 is 0. The van der Waals surface area contributed by atoms with Crippen LogP contribution in [0.1, 0.15) is 38.5 Å². The number of oxime groups is 1. The second kappa shape index (κ2) is 4.72. The fraction of sp³-hybridized carbons (Fsp3) is 0.818. The lowest BCUT2D eigenvalue weighted by Crippen LogP contribution is -2.47. The molecule has 3 N–H and O–H groups in total. The van der Waals surface area contributed by atoms with Gasteiger partial charge in [0, 0.05) is 12.6 Å².